The van der Waals surface area contributed by atoms with Crippen LogP contribution in [0.15, 0.2) is 46.6 Å². The highest BCUT2D eigenvalue weighted by Gasteiger charge is 2.08. The van der Waals surface area contributed by atoms with E-state index in [0.717, 1.165) is 11.7 Å². The smallest absolute Gasteiger partial charge is 0.111 e. The largest absolute Gasteiger partial charge is 0.338 e. The number of hydrogen-bond donors (Lipinski definition) is 0. The molecule has 0 saturated carbocycles. The number of aliphatic imine (C=N–C) groups is 1. The molecule has 3 heteroatoms. The number of halogens is 1. The van der Waals surface area contributed by atoms with E-state index in [4.69, 9.17) is 11.6 Å². The first kappa shape index (κ1) is 9.28. The molecule has 2 nitrogen and oxygen atoms in total. The lowest BCUT2D eigenvalue weighted by Gasteiger charge is -2.23. The van der Waals surface area contributed by atoms with E-state index < -0.39 is 0 Å². The van der Waals surface area contributed by atoms with Gasteiger partial charge in [-0.05, 0) is 11.6 Å². The van der Waals surface area contributed by atoms with E-state index >= 15 is 0 Å². The predicted molar refractivity (Wildman–Crippen MR) is 59.3 cm³/mol. The molecule has 0 spiro atoms. The summed E-state index contributed by atoms with van der Waals surface area (Å²) in [6, 6.07) is 10.2. The summed E-state index contributed by atoms with van der Waals surface area (Å²) >= 11 is 6.03. The van der Waals surface area contributed by atoms with E-state index in [-0.39, 0.29) is 0 Å². The Morgan fingerprint density at radius 1 is 1.29 bits per heavy atom. The molecule has 1 aliphatic rings. The number of nitrogens with zero attached hydrogens (tertiary/aromatic N) is 2. The van der Waals surface area contributed by atoms with Crippen LogP contribution in [-0.4, -0.2) is 17.8 Å². The van der Waals surface area contributed by atoms with E-state index in [1.54, 1.807) is 6.21 Å². The SMILES string of the molecule is ClC1=CC=NCN1Cc1ccccc1. The fourth-order valence-corrected chi connectivity index (χ4v) is 1.53. The summed E-state index contributed by atoms with van der Waals surface area (Å²) in [7, 11) is 0. The van der Waals surface area contributed by atoms with Crippen LogP contribution < -0.4 is 0 Å². The van der Waals surface area contributed by atoms with Crippen LogP contribution >= 0.6 is 11.6 Å². The van der Waals surface area contributed by atoms with Crippen molar-refractivity contribution >= 4 is 17.8 Å². The lowest BCUT2D eigenvalue weighted by molar-refractivity contribution is 0.367. The molecule has 0 N–H and O–H groups in total. The van der Waals surface area contributed by atoms with Crippen LogP contribution in [0.1, 0.15) is 5.56 Å². The third-order valence-electron chi connectivity index (χ3n) is 2.09. The summed E-state index contributed by atoms with van der Waals surface area (Å²) in [6.07, 6.45) is 3.55. The van der Waals surface area contributed by atoms with Gasteiger partial charge in [0.25, 0.3) is 0 Å². The standard InChI is InChI=1S/C11H11ClN2/c12-11-6-7-13-9-14(11)8-10-4-2-1-3-5-10/h1-7H,8-9H2. The van der Waals surface area contributed by atoms with Crippen LogP contribution in [0, 0.1) is 0 Å². The van der Waals surface area contributed by atoms with Gasteiger partial charge >= 0.3 is 0 Å². The van der Waals surface area contributed by atoms with Crippen LogP contribution in [0.25, 0.3) is 0 Å². The van der Waals surface area contributed by atoms with Crippen molar-refractivity contribution in [3.63, 3.8) is 0 Å². The highest BCUT2D eigenvalue weighted by Crippen LogP contribution is 2.15. The zero-order valence-electron chi connectivity index (χ0n) is 7.73. The lowest BCUT2D eigenvalue weighted by atomic mass is 10.2. The van der Waals surface area contributed by atoms with Crippen LogP contribution in [0.2, 0.25) is 0 Å². The zero-order valence-corrected chi connectivity index (χ0v) is 8.48. The summed E-state index contributed by atoms with van der Waals surface area (Å²) in [5.41, 5.74) is 1.25. The van der Waals surface area contributed by atoms with E-state index in [9.17, 15) is 0 Å². The summed E-state index contributed by atoms with van der Waals surface area (Å²) in [5, 5.41) is 0.754. The Hall–Kier alpha value is -1.28. The van der Waals surface area contributed by atoms with Crippen LogP contribution in [-0.2, 0) is 6.54 Å². The highest BCUT2D eigenvalue weighted by atomic mass is 35.5. The predicted octanol–water partition coefficient (Wildman–Crippen LogP) is 2.61. The Morgan fingerprint density at radius 3 is 2.79 bits per heavy atom. The second-order valence-electron chi connectivity index (χ2n) is 3.15. The van der Waals surface area contributed by atoms with Crippen molar-refractivity contribution < 1.29 is 0 Å². The minimum Gasteiger partial charge on any atom is -0.338 e. The average Bonchev–Trinajstić information content (AvgIpc) is 2.23. The monoisotopic (exact) mass is 206 g/mol. The number of benzene rings is 1. The van der Waals surface area contributed by atoms with Crippen molar-refractivity contribution in [1.82, 2.24) is 4.90 Å². The van der Waals surface area contributed by atoms with Crippen LogP contribution in [0.4, 0.5) is 0 Å². The molecule has 1 heterocycles. The van der Waals surface area contributed by atoms with Crippen molar-refractivity contribution in [2.45, 2.75) is 6.54 Å². The summed E-state index contributed by atoms with van der Waals surface area (Å²) in [6.45, 7) is 1.46. The summed E-state index contributed by atoms with van der Waals surface area (Å²) < 4.78 is 0. The zero-order chi connectivity index (χ0) is 9.80. The van der Waals surface area contributed by atoms with Gasteiger partial charge in [-0.25, -0.2) is 0 Å². The highest BCUT2D eigenvalue weighted by molar-refractivity contribution is 6.30. The molecule has 0 aliphatic carbocycles. The van der Waals surface area contributed by atoms with E-state index in [1.807, 2.05) is 29.2 Å². The van der Waals surface area contributed by atoms with Gasteiger partial charge in [-0.1, -0.05) is 41.9 Å². The molecule has 1 aromatic carbocycles. The number of hydrogen-bond acceptors (Lipinski definition) is 2. The van der Waals surface area contributed by atoms with Gasteiger partial charge in [0, 0.05) is 12.8 Å². The second kappa shape index (κ2) is 4.29. The Bertz CT molecular complexity index is 357. The molecule has 72 valence electrons. The topological polar surface area (TPSA) is 15.6 Å². The third kappa shape index (κ3) is 2.15. The van der Waals surface area contributed by atoms with Crippen molar-refractivity contribution in [3.05, 3.63) is 47.1 Å². The molecule has 1 aromatic rings. The Balaban J connectivity index is 2.05. The van der Waals surface area contributed by atoms with Gasteiger partial charge in [-0.2, -0.15) is 0 Å². The van der Waals surface area contributed by atoms with Crippen molar-refractivity contribution in [2.75, 3.05) is 6.67 Å². The fourth-order valence-electron chi connectivity index (χ4n) is 1.36. The van der Waals surface area contributed by atoms with Gasteiger partial charge in [0.05, 0.1) is 0 Å². The molecule has 0 atom stereocenters. The van der Waals surface area contributed by atoms with Gasteiger partial charge < -0.3 is 4.90 Å². The normalized spacial score (nSPS) is 15.5. The quantitative estimate of drug-likeness (QED) is 0.680. The molecule has 0 amide bonds. The average molecular weight is 207 g/mol. The van der Waals surface area contributed by atoms with Gasteiger partial charge in [0.15, 0.2) is 0 Å². The Kier molecular flexibility index (Phi) is 2.84. The lowest BCUT2D eigenvalue weighted by Crippen LogP contribution is -2.22. The Labute approximate surface area is 88.5 Å². The molecule has 2 rings (SSSR count). The van der Waals surface area contributed by atoms with E-state index in [0.29, 0.717) is 6.67 Å². The summed E-state index contributed by atoms with van der Waals surface area (Å²) in [4.78, 5) is 6.17. The van der Waals surface area contributed by atoms with Gasteiger partial charge in [-0.3, -0.25) is 4.99 Å². The number of rotatable bonds is 2. The molecular weight excluding hydrogens is 196 g/mol. The molecule has 0 bridgehead atoms. The maximum atomic E-state index is 6.03. The van der Waals surface area contributed by atoms with E-state index in [1.165, 1.54) is 5.56 Å². The number of allylic oxidation sites excluding steroid dienone is 1. The maximum absolute atomic E-state index is 6.03. The van der Waals surface area contributed by atoms with E-state index in [2.05, 4.69) is 17.1 Å². The first-order valence-corrected chi connectivity index (χ1v) is 4.88. The minimum atomic E-state index is 0.643. The van der Waals surface area contributed by atoms with Crippen LogP contribution in [0.5, 0.6) is 0 Å². The molecule has 14 heavy (non-hydrogen) atoms. The molecule has 0 aromatic heterocycles. The second-order valence-corrected chi connectivity index (χ2v) is 3.53. The van der Waals surface area contributed by atoms with Crippen molar-refractivity contribution in [2.24, 2.45) is 4.99 Å². The third-order valence-corrected chi connectivity index (χ3v) is 2.45. The summed E-state index contributed by atoms with van der Waals surface area (Å²) in [5.74, 6) is 0. The molecule has 1 aliphatic heterocycles. The van der Waals surface area contributed by atoms with Gasteiger partial charge in [0.1, 0.15) is 11.8 Å². The van der Waals surface area contributed by atoms with Crippen LogP contribution in [0.3, 0.4) is 0 Å². The van der Waals surface area contributed by atoms with Crippen molar-refractivity contribution in [1.29, 1.82) is 0 Å². The van der Waals surface area contributed by atoms with Crippen molar-refractivity contribution in [3.8, 4) is 0 Å². The minimum absolute atomic E-state index is 0.643. The molecule has 0 radical (unpaired) electrons. The first-order chi connectivity index (χ1) is 6.86. The van der Waals surface area contributed by atoms with Gasteiger partial charge in [0.2, 0.25) is 0 Å². The molecule has 0 unspecified atom stereocenters. The first-order valence-electron chi connectivity index (χ1n) is 4.51. The maximum Gasteiger partial charge on any atom is 0.111 e. The molecular formula is C11H11ClN2. The molecule has 0 saturated heterocycles. The fraction of sp³-hybridized carbons (Fsp3) is 0.182. The van der Waals surface area contributed by atoms with Gasteiger partial charge in [-0.15, -0.1) is 0 Å². The Morgan fingerprint density at radius 2 is 2.07 bits per heavy atom. The molecule has 0 fully saturated rings.